The number of aromatic nitrogens is 4. The predicted molar refractivity (Wildman–Crippen MR) is 124 cm³/mol. The third-order valence-electron chi connectivity index (χ3n) is 5.66. The third kappa shape index (κ3) is 5.05. The normalized spacial score (nSPS) is 14.2. The molecule has 0 atom stereocenters. The molecule has 0 radical (unpaired) electrons. The zero-order valence-corrected chi connectivity index (χ0v) is 18.7. The van der Waals surface area contributed by atoms with E-state index < -0.39 is 0 Å². The molecule has 32 heavy (non-hydrogen) atoms. The molecule has 1 aliphatic heterocycles. The number of hydrogen-bond acceptors (Lipinski definition) is 8. The van der Waals surface area contributed by atoms with Crippen molar-refractivity contribution < 1.29 is 9.47 Å². The van der Waals surface area contributed by atoms with Gasteiger partial charge in [-0.25, -0.2) is 15.0 Å². The maximum atomic E-state index is 13.2. The van der Waals surface area contributed by atoms with E-state index in [1.165, 1.54) is 12.8 Å². The average molecular weight is 439 g/mol. The third-order valence-corrected chi connectivity index (χ3v) is 5.66. The van der Waals surface area contributed by atoms with Gasteiger partial charge in [0.25, 0.3) is 5.56 Å². The lowest BCUT2D eigenvalue weighted by Crippen LogP contribution is -2.31. The van der Waals surface area contributed by atoms with Crippen LogP contribution in [0.3, 0.4) is 0 Å². The van der Waals surface area contributed by atoms with E-state index in [2.05, 4.69) is 25.2 Å². The average Bonchev–Trinajstić information content (AvgIpc) is 3.34. The van der Waals surface area contributed by atoms with Gasteiger partial charge in [-0.2, -0.15) is 0 Å². The maximum Gasteiger partial charge on any atom is 0.293 e. The number of nitrogens with one attached hydrogen (secondary N) is 1. The highest BCUT2D eigenvalue weighted by atomic mass is 16.5. The molecule has 4 heterocycles. The molecule has 1 saturated heterocycles. The maximum absolute atomic E-state index is 13.2. The molecule has 9 nitrogen and oxygen atoms in total. The zero-order valence-electron chi connectivity index (χ0n) is 18.7. The molecule has 0 aromatic carbocycles. The number of anilines is 1. The first-order valence-electron chi connectivity index (χ1n) is 11.1. The molecule has 1 fully saturated rings. The van der Waals surface area contributed by atoms with Gasteiger partial charge in [-0.1, -0.05) is 0 Å². The number of ether oxygens (including phenoxy) is 2. The van der Waals surface area contributed by atoms with Gasteiger partial charge in [0.1, 0.15) is 0 Å². The zero-order chi connectivity index (χ0) is 22.3. The summed E-state index contributed by atoms with van der Waals surface area (Å²) in [5.41, 5.74) is 2.78. The molecule has 3 aromatic rings. The second-order valence-electron chi connectivity index (χ2n) is 7.75. The predicted octanol–water partition coefficient (Wildman–Crippen LogP) is 2.41. The van der Waals surface area contributed by atoms with Gasteiger partial charge in [0, 0.05) is 55.8 Å². The van der Waals surface area contributed by atoms with Gasteiger partial charge >= 0.3 is 0 Å². The van der Waals surface area contributed by atoms with Crippen LogP contribution in [0.4, 0.5) is 5.82 Å². The first-order valence-corrected chi connectivity index (χ1v) is 11.1. The minimum atomic E-state index is -0.162. The summed E-state index contributed by atoms with van der Waals surface area (Å²) in [6.45, 7) is 7.22. The first kappa shape index (κ1) is 22.2. The molecule has 170 valence electrons. The molecule has 1 N–H and O–H groups in total. The Morgan fingerprint density at radius 3 is 2.62 bits per heavy atom. The smallest absolute Gasteiger partial charge is 0.293 e. The van der Waals surface area contributed by atoms with E-state index >= 15 is 0 Å². The van der Waals surface area contributed by atoms with Crippen molar-refractivity contribution in [1.82, 2.24) is 24.4 Å². The van der Waals surface area contributed by atoms with Gasteiger partial charge in [0.15, 0.2) is 11.5 Å². The molecule has 1 aliphatic rings. The molecule has 0 amide bonds. The van der Waals surface area contributed by atoms with Gasteiger partial charge in [-0.15, -0.1) is 0 Å². The summed E-state index contributed by atoms with van der Waals surface area (Å²) in [5.74, 6) is 0.877. The van der Waals surface area contributed by atoms with E-state index in [9.17, 15) is 4.79 Å². The monoisotopic (exact) mass is 438 g/mol. The minimum Gasteiger partial charge on any atom is -0.481 e. The van der Waals surface area contributed by atoms with Crippen LogP contribution in [0.1, 0.15) is 19.8 Å². The molecule has 3 aromatic heterocycles. The van der Waals surface area contributed by atoms with Gasteiger partial charge < -0.3 is 19.7 Å². The Morgan fingerprint density at radius 1 is 1.09 bits per heavy atom. The van der Waals surface area contributed by atoms with Crippen LogP contribution < -0.4 is 15.6 Å². The summed E-state index contributed by atoms with van der Waals surface area (Å²) < 4.78 is 12.4. The Kier molecular flexibility index (Phi) is 7.28. The summed E-state index contributed by atoms with van der Waals surface area (Å²) in [6, 6.07) is 5.65. The lowest BCUT2D eigenvalue weighted by atomic mass is 10.1. The SMILES string of the molecule is CCOCCn1c(=O)c(NCCN2CCCC2)nc2ncc(-c3ccc(OC)nc3)cc21. The van der Waals surface area contributed by atoms with Crippen molar-refractivity contribution in [2.75, 3.05) is 51.8 Å². The van der Waals surface area contributed by atoms with E-state index in [0.29, 0.717) is 49.2 Å². The van der Waals surface area contributed by atoms with E-state index in [1.807, 2.05) is 19.1 Å². The van der Waals surface area contributed by atoms with E-state index in [1.54, 1.807) is 30.1 Å². The second-order valence-corrected chi connectivity index (χ2v) is 7.75. The highest BCUT2D eigenvalue weighted by Gasteiger charge is 2.15. The van der Waals surface area contributed by atoms with Crippen molar-refractivity contribution in [3.05, 3.63) is 40.9 Å². The van der Waals surface area contributed by atoms with Crippen molar-refractivity contribution in [1.29, 1.82) is 0 Å². The van der Waals surface area contributed by atoms with Gasteiger partial charge in [-0.3, -0.25) is 9.36 Å². The number of nitrogens with zero attached hydrogens (tertiary/aromatic N) is 5. The summed E-state index contributed by atoms with van der Waals surface area (Å²) in [5, 5.41) is 3.23. The number of pyridine rings is 2. The van der Waals surface area contributed by atoms with E-state index in [-0.39, 0.29) is 5.56 Å². The lowest BCUT2D eigenvalue weighted by Gasteiger charge is -2.16. The van der Waals surface area contributed by atoms with Gasteiger partial charge in [0.2, 0.25) is 5.88 Å². The molecule has 0 spiro atoms. The summed E-state index contributed by atoms with van der Waals surface area (Å²) in [6.07, 6.45) is 5.97. The van der Waals surface area contributed by atoms with Crippen LogP contribution in [0, 0.1) is 0 Å². The quantitative estimate of drug-likeness (QED) is 0.482. The summed E-state index contributed by atoms with van der Waals surface area (Å²) >= 11 is 0. The largest absolute Gasteiger partial charge is 0.481 e. The number of hydrogen-bond donors (Lipinski definition) is 1. The van der Waals surface area contributed by atoms with Crippen LogP contribution in [0.25, 0.3) is 22.3 Å². The van der Waals surface area contributed by atoms with Crippen molar-refractivity contribution in [2.24, 2.45) is 0 Å². The summed E-state index contributed by atoms with van der Waals surface area (Å²) in [4.78, 5) is 29.0. The molecule has 0 aliphatic carbocycles. The highest BCUT2D eigenvalue weighted by Crippen LogP contribution is 2.23. The van der Waals surface area contributed by atoms with Crippen molar-refractivity contribution >= 4 is 17.0 Å². The van der Waals surface area contributed by atoms with Crippen LogP contribution in [0.2, 0.25) is 0 Å². The number of rotatable bonds is 10. The highest BCUT2D eigenvalue weighted by molar-refractivity contribution is 5.78. The fraction of sp³-hybridized carbons (Fsp3) is 0.478. The van der Waals surface area contributed by atoms with Crippen LogP contribution in [0.5, 0.6) is 5.88 Å². The number of methoxy groups -OCH3 is 1. The topological polar surface area (TPSA) is 94.4 Å². The van der Waals surface area contributed by atoms with Crippen LogP contribution >= 0.6 is 0 Å². The fourth-order valence-corrected chi connectivity index (χ4v) is 3.93. The van der Waals surface area contributed by atoms with E-state index in [0.717, 1.165) is 30.8 Å². The Bertz CT molecular complexity index is 1090. The van der Waals surface area contributed by atoms with Crippen LogP contribution in [-0.2, 0) is 11.3 Å². The second kappa shape index (κ2) is 10.5. The van der Waals surface area contributed by atoms with E-state index in [4.69, 9.17) is 9.47 Å². The molecule has 0 bridgehead atoms. The molecule has 0 saturated carbocycles. The summed E-state index contributed by atoms with van der Waals surface area (Å²) in [7, 11) is 1.58. The standard InChI is InChI=1S/C23H30N6O3/c1-3-32-13-12-29-19-14-18(17-6-7-20(31-2)25-15-17)16-26-21(19)27-22(23(29)30)24-8-11-28-9-4-5-10-28/h6-7,14-16H,3-5,8-13H2,1-2H3,(H,24,26,27). The van der Waals surface area contributed by atoms with Gasteiger partial charge in [-0.05, 0) is 45.0 Å². The number of likely N-dealkylation sites (tertiary alicyclic amines) is 1. The molecular formula is C23H30N6O3. The van der Waals surface area contributed by atoms with Crippen molar-refractivity contribution in [3.63, 3.8) is 0 Å². The van der Waals surface area contributed by atoms with Crippen LogP contribution in [0.15, 0.2) is 35.4 Å². The fourth-order valence-electron chi connectivity index (χ4n) is 3.93. The van der Waals surface area contributed by atoms with Crippen LogP contribution in [-0.4, -0.2) is 70.9 Å². The Balaban J connectivity index is 1.65. The molecule has 4 rings (SSSR count). The Morgan fingerprint density at radius 2 is 1.91 bits per heavy atom. The van der Waals surface area contributed by atoms with Crippen molar-refractivity contribution in [3.8, 4) is 17.0 Å². The lowest BCUT2D eigenvalue weighted by molar-refractivity contribution is 0.139. The number of fused-ring (bicyclic) bond motifs is 1. The first-order chi connectivity index (χ1) is 15.7. The van der Waals surface area contributed by atoms with Crippen molar-refractivity contribution in [2.45, 2.75) is 26.3 Å². The molecule has 0 unspecified atom stereocenters. The Hall–Kier alpha value is -3.04. The Labute approximate surface area is 187 Å². The molecule has 9 heteroatoms. The minimum absolute atomic E-state index is 0.162. The van der Waals surface area contributed by atoms with Gasteiger partial charge in [0.05, 0.1) is 19.2 Å². The molecular weight excluding hydrogens is 408 g/mol.